The summed E-state index contributed by atoms with van der Waals surface area (Å²) in [5.74, 6) is -0.746. The fourth-order valence-electron chi connectivity index (χ4n) is 1.81. The highest BCUT2D eigenvalue weighted by Crippen LogP contribution is 2.34. The van der Waals surface area contributed by atoms with Crippen molar-refractivity contribution >= 4 is 38.7 Å². The molecule has 20 heavy (non-hydrogen) atoms. The molecular weight excluding hydrogens is 279 g/mol. The summed E-state index contributed by atoms with van der Waals surface area (Å²) < 4.78 is 14.0. The van der Waals surface area contributed by atoms with Gasteiger partial charge in [-0.25, -0.2) is 14.4 Å². The summed E-state index contributed by atoms with van der Waals surface area (Å²) in [5, 5.41) is 3.19. The van der Waals surface area contributed by atoms with Crippen molar-refractivity contribution in [1.29, 1.82) is 0 Å². The molecule has 0 atom stereocenters. The van der Waals surface area contributed by atoms with Crippen LogP contribution >= 0.6 is 11.3 Å². The molecule has 0 aliphatic heterocycles. The summed E-state index contributed by atoms with van der Waals surface area (Å²) in [5.41, 5.74) is 6.66. The maximum Gasteiger partial charge on any atom is 0.267 e. The molecule has 0 fully saturated rings. The number of nitrogen functional groups attached to an aromatic ring is 1. The maximum absolute atomic E-state index is 13.2. The predicted octanol–water partition coefficient (Wildman–Crippen LogP) is 2.66. The predicted molar refractivity (Wildman–Crippen MR) is 76.2 cm³/mol. The number of benzene rings is 1. The fraction of sp³-hybridized carbons (Fsp3) is 0. The average Bonchev–Trinajstić information content (AvgIpc) is 2.77. The Balaban J connectivity index is 1.98. The minimum Gasteiger partial charge on any atom is -0.397 e. The molecule has 0 aliphatic rings. The van der Waals surface area contributed by atoms with Gasteiger partial charge in [-0.3, -0.25) is 4.79 Å². The van der Waals surface area contributed by atoms with Gasteiger partial charge >= 0.3 is 0 Å². The minimum atomic E-state index is -0.384. The van der Waals surface area contributed by atoms with Crippen LogP contribution in [0.15, 0.2) is 36.9 Å². The van der Waals surface area contributed by atoms with Crippen LogP contribution in [-0.4, -0.2) is 15.9 Å². The van der Waals surface area contributed by atoms with Crippen LogP contribution in [0.2, 0.25) is 0 Å². The third-order valence-electron chi connectivity index (χ3n) is 2.71. The molecule has 0 unspecified atom stereocenters. The Labute approximate surface area is 117 Å². The van der Waals surface area contributed by atoms with Gasteiger partial charge in [0.1, 0.15) is 17.0 Å². The third kappa shape index (κ3) is 2.19. The molecule has 0 saturated heterocycles. The van der Waals surface area contributed by atoms with E-state index in [1.165, 1.54) is 42.2 Å². The van der Waals surface area contributed by atoms with Crippen molar-refractivity contribution in [2.75, 3.05) is 11.1 Å². The monoisotopic (exact) mass is 288 g/mol. The molecule has 0 bridgehead atoms. The second-order valence-corrected chi connectivity index (χ2v) is 5.12. The lowest BCUT2D eigenvalue weighted by atomic mass is 10.2. The molecule has 5 nitrogen and oxygen atoms in total. The first-order valence-electron chi connectivity index (χ1n) is 5.69. The molecule has 0 spiro atoms. The quantitative estimate of drug-likeness (QED) is 0.759. The van der Waals surface area contributed by atoms with E-state index in [-0.39, 0.29) is 17.4 Å². The Bertz CT molecular complexity index is 788. The number of nitrogens with zero attached hydrogens (tertiary/aromatic N) is 2. The Hall–Kier alpha value is -2.54. The van der Waals surface area contributed by atoms with E-state index in [0.29, 0.717) is 16.0 Å². The highest BCUT2D eigenvalue weighted by atomic mass is 32.1. The van der Waals surface area contributed by atoms with Gasteiger partial charge in [-0.1, -0.05) is 0 Å². The van der Waals surface area contributed by atoms with Crippen LogP contribution in [0.25, 0.3) is 10.1 Å². The number of nitrogens with two attached hydrogens (primary N) is 1. The van der Waals surface area contributed by atoms with Crippen molar-refractivity contribution in [3.63, 3.8) is 0 Å². The number of hydrogen-bond donors (Lipinski definition) is 2. The molecule has 0 aliphatic carbocycles. The lowest BCUT2D eigenvalue weighted by molar-refractivity contribution is 0.103. The van der Waals surface area contributed by atoms with Crippen LogP contribution in [0, 0.1) is 5.82 Å². The number of fused-ring (bicyclic) bond motifs is 1. The number of aromatic nitrogens is 2. The Kier molecular flexibility index (Phi) is 3.03. The zero-order chi connectivity index (χ0) is 14.1. The molecule has 1 amide bonds. The molecule has 0 radical (unpaired) electrons. The van der Waals surface area contributed by atoms with Crippen LogP contribution in [0.4, 0.5) is 15.8 Å². The van der Waals surface area contributed by atoms with Crippen molar-refractivity contribution in [1.82, 2.24) is 9.97 Å². The Morgan fingerprint density at radius 1 is 1.30 bits per heavy atom. The summed E-state index contributed by atoms with van der Waals surface area (Å²) >= 11 is 1.22. The number of carbonyl (C=O) groups excluding carboxylic acids is 1. The second kappa shape index (κ2) is 4.86. The van der Waals surface area contributed by atoms with Gasteiger partial charge in [0, 0.05) is 10.1 Å². The normalized spacial score (nSPS) is 10.7. The largest absolute Gasteiger partial charge is 0.397 e. The van der Waals surface area contributed by atoms with Crippen LogP contribution in [0.5, 0.6) is 0 Å². The van der Waals surface area contributed by atoms with E-state index in [1.54, 1.807) is 6.07 Å². The lowest BCUT2D eigenvalue weighted by Crippen LogP contribution is -2.12. The van der Waals surface area contributed by atoms with E-state index in [4.69, 9.17) is 5.73 Å². The van der Waals surface area contributed by atoms with Crippen molar-refractivity contribution < 1.29 is 9.18 Å². The highest BCUT2D eigenvalue weighted by Gasteiger charge is 2.17. The van der Waals surface area contributed by atoms with Gasteiger partial charge in [-0.05, 0) is 18.2 Å². The molecule has 3 N–H and O–H groups in total. The van der Waals surface area contributed by atoms with Gasteiger partial charge in [0.25, 0.3) is 5.91 Å². The number of thiophene rings is 1. The van der Waals surface area contributed by atoms with Gasteiger partial charge in [-0.15, -0.1) is 11.3 Å². The number of halogens is 1. The maximum atomic E-state index is 13.2. The Morgan fingerprint density at radius 2 is 2.05 bits per heavy atom. The van der Waals surface area contributed by atoms with Gasteiger partial charge < -0.3 is 11.1 Å². The SMILES string of the molecule is Nc1c(C(=O)Nc2cncnc2)sc2ccc(F)cc12. The van der Waals surface area contributed by atoms with Crippen LogP contribution in [0.1, 0.15) is 9.67 Å². The summed E-state index contributed by atoms with van der Waals surface area (Å²) in [7, 11) is 0. The van der Waals surface area contributed by atoms with Crippen molar-refractivity contribution in [3.05, 3.63) is 47.6 Å². The minimum absolute atomic E-state index is 0.277. The molecule has 3 aromatic rings. The van der Waals surface area contributed by atoms with E-state index < -0.39 is 0 Å². The average molecular weight is 288 g/mol. The molecule has 1 aromatic carbocycles. The molecule has 3 rings (SSSR count). The van der Waals surface area contributed by atoms with Crippen molar-refractivity contribution in [3.8, 4) is 0 Å². The first-order chi connectivity index (χ1) is 9.65. The summed E-state index contributed by atoms with van der Waals surface area (Å²) in [4.78, 5) is 20.1. The number of anilines is 2. The molecule has 7 heteroatoms. The zero-order valence-corrected chi connectivity index (χ0v) is 10.9. The highest BCUT2D eigenvalue weighted by molar-refractivity contribution is 7.21. The van der Waals surface area contributed by atoms with E-state index in [9.17, 15) is 9.18 Å². The Morgan fingerprint density at radius 3 is 2.80 bits per heavy atom. The van der Waals surface area contributed by atoms with E-state index >= 15 is 0 Å². The van der Waals surface area contributed by atoms with E-state index in [0.717, 1.165) is 4.70 Å². The van der Waals surface area contributed by atoms with Crippen LogP contribution in [0.3, 0.4) is 0 Å². The summed E-state index contributed by atoms with van der Waals surface area (Å²) in [6.07, 6.45) is 4.33. The van der Waals surface area contributed by atoms with E-state index in [1.807, 2.05) is 0 Å². The number of nitrogens with one attached hydrogen (secondary N) is 1. The number of hydrogen-bond acceptors (Lipinski definition) is 5. The summed E-state index contributed by atoms with van der Waals surface area (Å²) in [6, 6.07) is 4.27. The third-order valence-corrected chi connectivity index (χ3v) is 3.90. The van der Waals surface area contributed by atoms with Gasteiger partial charge in [0.15, 0.2) is 0 Å². The van der Waals surface area contributed by atoms with Crippen LogP contribution < -0.4 is 11.1 Å². The number of amides is 1. The van der Waals surface area contributed by atoms with Gasteiger partial charge in [0.2, 0.25) is 0 Å². The van der Waals surface area contributed by atoms with Crippen LogP contribution in [-0.2, 0) is 0 Å². The zero-order valence-electron chi connectivity index (χ0n) is 10.1. The standard InChI is InChI=1S/C13H9FN4OS/c14-7-1-2-10-9(3-7)11(15)12(20-10)13(19)18-8-4-16-6-17-5-8/h1-6H,15H2,(H,18,19). The molecule has 2 heterocycles. The molecule has 100 valence electrons. The topological polar surface area (TPSA) is 80.9 Å². The van der Waals surface area contributed by atoms with Gasteiger partial charge in [0.05, 0.1) is 23.8 Å². The number of carbonyl (C=O) groups is 1. The van der Waals surface area contributed by atoms with Crippen molar-refractivity contribution in [2.24, 2.45) is 0 Å². The molecule has 2 aromatic heterocycles. The molecule has 0 saturated carbocycles. The lowest BCUT2D eigenvalue weighted by Gasteiger charge is -2.02. The molecular formula is C13H9FN4OS. The first kappa shape index (κ1) is 12.5. The first-order valence-corrected chi connectivity index (χ1v) is 6.50. The number of rotatable bonds is 2. The second-order valence-electron chi connectivity index (χ2n) is 4.07. The fourth-order valence-corrected chi connectivity index (χ4v) is 2.81. The smallest absolute Gasteiger partial charge is 0.267 e. The summed E-state index contributed by atoms with van der Waals surface area (Å²) in [6.45, 7) is 0. The van der Waals surface area contributed by atoms with Gasteiger partial charge in [-0.2, -0.15) is 0 Å². The van der Waals surface area contributed by atoms with Crippen molar-refractivity contribution in [2.45, 2.75) is 0 Å². The van der Waals surface area contributed by atoms with E-state index in [2.05, 4.69) is 15.3 Å².